The van der Waals surface area contributed by atoms with Crippen molar-refractivity contribution in [3.63, 3.8) is 0 Å². The van der Waals surface area contributed by atoms with Crippen molar-refractivity contribution in [2.45, 2.75) is 13.8 Å². The van der Waals surface area contributed by atoms with Gasteiger partial charge in [-0.25, -0.2) is 0 Å². The Labute approximate surface area is 114 Å². The van der Waals surface area contributed by atoms with E-state index in [-0.39, 0.29) is 5.91 Å². The number of fused-ring (bicyclic) bond motifs is 1. The number of carbonyl (C=O) groups is 1. The van der Waals surface area contributed by atoms with E-state index in [1.165, 1.54) is 5.57 Å². The minimum atomic E-state index is 0.0620. The van der Waals surface area contributed by atoms with Gasteiger partial charge in [-0.05, 0) is 36.8 Å². The summed E-state index contributed by atoms with van der Waals surface area (Å²) in [4.78, 5) is 14.1. The fraction of sp³-hybridized carbons (Fsp3) is 0.235. The van der Waals surface area contributed by atoms with Gasteiger partial charge in [0, 0.05) is 19.2 Å². The van der Waals surface area contributed by atoms with Gasteiger partial charge in [0.2, 0.25) is 0 Å². The zero-order valence-corrected chi connectivity index (χ0v) is 11.7. The number of nitrogens with zero attached hydrogens (tertiary/aromatic N) is 1. The van der Waals surface area contributed by atoms with Crippen LogP contribution in [0.4, 0.5) is 0 Å². The standard InChI is InChI=1S/C17H19NO/c1-4-13(2)12-18(3)17(19)16-10-9-14-7-5-6-8-15(14)11-16/h4-11H,12H2,1-3H3/b13-4+. The zero-order valence-electron chi connectivity index (χ0n) is 11.7. The summed E-state index contributed by atoms with van der Waals surface area (Å²) in [6, 6.07) is 13.9. The third kappa shape index (κ3) is 3.02. The molecule has 0 fully saturated rings. The summed E-state index contributed by atoms with van der Waals surface area (Å²) in [5, 5.41) is 2.26. The number of rotatable bonds is 3. The Morgan fingerprint density at radius 2 is 1.84 bits per heavy atom. The first-order valence-corrected chi connectivity index (χ1v) is 6.48. The van der Waals surface area contributed by atoms with Crippen LogP contribution in [0.1, 0.15) is 24.2 Å². The molecule has 98 valence electrons. The van der Waals surface area contributed by atoms with Crippen LogP contribution < -0.4 is 0 Å². The molecule has 2 nitrogen and oxygen atoms in total. The Bertz CT molecular complexity index is 628. The van der Waals surface area contributed by atoms with E-state index in [2.05, 4.69) is 6.07 Å². The van der Waals surface area contributed by atoms with E-state index in [0.29, 0.717) is 6.54 Å². The molecule has 2 rings (SSSR count). The van der Waals surface area contributed by atoms with E-state index < -0.39 is 0 Å². The topological polar surface area (TPSA) is 20.3 Å². The fourth-order valence-corrected chi connectivity index (χ4v) is 2.08. The molecule has 0 radical (unpaired) electrons. The number of hydrogen-bond acceptors (Lipinski definition) is 1. The molecule has 0 atom stereocenters. The summed E-state index contributed by atoms with van der Waals surface area (Å²) in [5.74, 6) is 0.0620. The van der Waals surface area contributed by atoms with E-state index in [0.717, 1.165) is 16.3 Å². The molecule has 0 aliphatic rings. The Kier molecular flexibility index (Phi) is 4.00. The molecule has 0 aromatic heterocycles. The predicted molar refractivity (Wildman–Crippen MR) is 80.3 cm³/mol. The second kappa shape index (κ2) is 5.70. The summed E-state index contributed by atoms with van der Waals surface area (Å²) >= 11 is 0. The minimum Gasteiger partial charge on any atom is -0.338 e. The highest BCUT2D eigenvalue weighted by molar-refractivity contribution is 5.98. The quantitative estimate of drug-likeness (QED) is 0.760. The molecule has 0 bridgehead atoms. The lowest BCUT2D eigenvalue weighted by atomic mass is 10.1. The number of hydrogen-bond donors (Lipinski definition) is 0. The lowest BCUT2D eigenvalue weighted by molar-refractivity contribution is 0.0807. The maximum absolute atomic E-state index is 12.3. The van der Waals surface area contributed by atoms with Crippen LogP contribution in [-0.2, 0) is 0 Å². The molecule has 19 heavy (non-hydrogen) atoms. The van der Waals surface area contributed by atoms with Crippen LogP contribution in [0.3, 0.4) is 0 Å². The third-order valence-corrected chi connectivity index (χ3v) is 3.32. The Hall–Kier alpha value is -2.09. The maximum Gasteiger partial charge on any atom is 0.253 e. The number of likely N-dealkylation sites (N-methyl/N-ethyl adjacent to an activating group) is 1. The predicted octanol–water partition coefficient (Wildman–Crippen LogP) is 3.88. The van der Waals surface area contributed by atoms with Crippen molar-refractivity contribution in [1.82, 2.24) is 4.90 Å². The number of amides is 1. The highest BCUT2D eigenvalue weighted by Gasteiger charge is 2.11. The van der Waals surface area contributed by atoms with Gasteiger partial charge in [-0.1, -0.05) is 42.0 Å². The molecule has 2 aromatic rings. The Morgan fingerprint density at radius 3 is 2.53 bits per heavy atom. The Balaban J connectivity index is 2.26. The van der Waals surface area contributed by atoms with Crippen LogP contribution in [0.15, 0.2) is 54.1 Å². The van der Waals surface area contributed by atoms with Gasteiger partial charge in [-0.3, -0.25) is 4.79 Å². The second-order valence-electron chi connectivity index (χ2n) is 4.86. The molecule has 2 aromatic carbocycles. The number of carbonyl (C=O) groups excluding carboxylic acids is 1. The van der Waals surface area contributed by atoms with Gasteiger partial charge >= 0.3 is 0 Å². The largest absolute Gasteiger partial charge is 0.338 e. The average Bonchev–Trinajstić information content (AvgIpc) is 2.45. The molecule has 0 heterocycles. The Morgan fingerprint density at radius 1 is 1.16 bits per heavy atom. The van der Waals surface area contributed by atoms with Crippen LogP contribution in [0.5, 0.6) is 0 Å². The third-order valence-electron chi connectivity index (χ3n) is 3.32. The van der Waals surface area contributed by atoms with Crippen molar-refractivity contribution in [3.05, 3.63) is 59.7 Å². The van der Waals surface area contributed by atoms with Gasteiger partial charge in [0.15, 0.2) is 0 Å². The van der Waals surface area contributed by atoms with Crippen molar-refractivity contribution in [2.24, 2.45) is 0 Å². The molecular formula is C17H19NO. The van der Waals surface area contributed by atoms with Crippen molar-refractivity contribution in [2.75, 3.05) is 13.6 Å². The molecule has 0 N–H and O–H groups in total. The highest BCUT2D eigenvalue weighted by atomic mass is 16.2. The van der Waals surface area contributed by atoms with Crippen LogP contribution in [0.2, 0.25) is 0 Å². The van der Waals surface area contributed by atoms with Gasteiger partial charge < -0.3 is 4.90 Å². The van der Waals surface area contributed by atoms with Crippen molar-refractivity contribution in [3.8, 4) is 0 Å². The lowest BCUT2D eigenvalue weighted by Crippen LogP contribution is -2.28. The molecule has 0 saturated carbocycles. The number of benzene rings is 2. The second-order valence-corrected chi connectivity index (χ2v) is 4.86. The molecule has 0 aliphatic heterocycles. The smallest absolute Gasteiger partial charge is 0.253 e. The molecule has 0 unspecified atom stereocenters. The summed E-state index contributed by atoms with van der Waals surface area (Å²) in [6.45, 7) is 4.69. The molecule has 1 amide bonds. The van der Waals surface area contributed by atoms with Crippen molar-refractivity contribution in [1.29, 1.82) is 0 Å². The molecular weight excluding hydrogens is 234 g/mol. The summed E-state index contributed by atoms with van der Waals surface area (Å²) in [5.41, 5.74) is 1.93. The number of allylic oxidation sites excluding steroid dienone is 1. The average molecular weight is 253 g/mol. The van der Waals surface area contributed by atoms with Gasteiger partial charge in [-0.2, -0.15) is 0 Å². The minimum absolute atomic E-state index is 0.0620. The van der Waals surface area contributed by atoms with Crippen LogP contribution in [0.25, 0.3) is 10.8 Å². The first kappa shape index (κ1) is 13.3. The molecule has 0 saturated heterocycles. The fourth-order valence-electron chi connectivity index (χ4n) is 2.08. The van der Waals surface area contributed by atoms with Crippen LogP contribution >= 0.6 is 0 Å². The van der Waals surface area contributed by atoms with Gasteiger partial charge in [0.1, 0.15) is 0 Å². The normalized spacial score (nSPS) is 11.6. The van der Waals surface area contributed by atoms with Gasteiger partial charge in [0.25, 0.3) is 5.91 Å². The lowest BCUT2D eigenvalue weighted by Gasteiger charge is -2.17. The first-order chi connectivity index (χ1) is 9.11. The first-order valence-electron chi connectivity index (χ1n) is 6.48. The van der Waals surface area contributed by atoms with E-state index in [1.807, 2.05) is 63.4 Å². The molecule has 0 aliphatic carbocycles. The summed E-state index contributed by atoms with van der Waals surface area (Å²) < 4.78 is 0. The van der Waals surface area contributed by atoms with Gasteiger partial charge in [-0.15, -0.1) is 0 Å². The van der Waals surface area contributed by atoms with Crippen LogP contribution in [0, 0.1) is 0 Å². The zero-order chi connectivity index (χ0) is 13.8. The summed E-state index contributed by atoms with van der Waals surface area (Å²) in [6.07, 6.45) is 2.03. The SMILES string of the molecule is C/C=C(\C)CN(C)C(=O)c1ccc2ccccc2c1. The van der Waals surface area contributed by atoms with E-state index >= 15 is 0 Å². The monoisotopic (exact) mass is 253 g/mol. The molecule has 2 heteroatoms. The van der Waals surface area contributed by atoms with Crippen LogP contribution in [-0.4, -0.2) is 24.4 Å². The van der Waals surface area contributed by atoms with Crippen molar-refractivity contribution < 1.29 is 4.79 Å². The molecule has 0 spiro atoms. The van der Waals surface area contributed by atoms with Gasteiger partial charge in [0.05, 0.1) is 0 Å². The van der Waals surface area contributed by atoms with E-state index in [4.69, 9.17) is 0 Å². The van der Waals surface area contributed by atoms with E-state index in [1.54, 1.807) is 4.90 Å². The summed E-state index contributed by atoms with van der Waals surface area (Å²) in [7, 11) is 1.84. The van der Waals surface area contributed by atoms with Crippen molar-refractivity contribution >= 4 is 16.7 Å². The maximum atomic E-state index is 12.3. The highest BCUT2D eigenvalue weighted by Crippen LogP contribution is 2.16. The van der Waals surface area contributed by atoms with E-state index in [9.17, 15) is 4.79 Å².